The lowest BCUT2D eigenvalue weighted by atomic mass is 9.80. The molecule has 1 spiro atoms. The third kappa shape index (κ3) is 4.95. The van der Waals surface area contributed by atoms with Crippen molar-refractivity contribution in [3.05, 3.63) is 0 Å². The Kier molecular flexibility index (Phi) is 8.27. The van der Waals surface area contributed by atoms with Crippen LogP contribution in [-0.2, 0) is 9.47 Å². The van der Waals surface area contributed by atoms with Crippen LogP contribution in [0.15, 0.2) is 4.99 Å². The van der Waals surface area contributed by atoms with Crippen LogP contribution in [0.5, 0.6) is 0 Å². The molecule has 0 aromatic rings. The molecule has 4 aliphatic heterocycles. The fourth-order valence-electron chi connectivity index (χ4n) is 5.49. The van der Waals surface area contributed by atoms with Gasteiger partial charge in [0, 0.05) is 51.6 Å². The van der Waals surface area contributed by atoms with E-state index in [-0.39, 0.29) is 29.5 Å². The van der Waals surface area contributed by atoms with Crippen molar-refractivity contribution in [3.8, 4) is 0 Å². The maximum atomic E-state index is 5.70. The summed E-state index contributed by atoms with van der Waals surface area (Å²) in [5.41, 5.74) is 0.672. The summed E-state index contributed by atoms with van der Waals surface area (Å²) in [4.78, 5) is 10.5. The monoisotopic (exact) mass is 506 g/mol. The van der Waals surface area contributed by atoms with E-state index in [4.69, 9.17) is 14.5 Å². The molecule has 4 rings (SSSR count). The summed E-state index contributed by atoms with van der Waals surface area (Å²) in [6.07, 6.45) is 8.61. The molecule has 0 bridgehead atoms. The first kappa shape index (κ1) is 22.6. The topological polar surface area (TPSA) is 49.3 Å². The zero-order valence-electron chi connectivity index (χ0n) is 17.6. The van der Waals surface area contributed by atoms with Gasteiger partial charge in [0.05, 0.1) is 6.54 Å². The summed E-state index contributed by atoms with van der Waals surface area (Å²) in [6, 6.07) is 0. The van der Waals surface area contributed by atoms with Crippen LogP contribution in [-0.4, -0.2) is 87.0 Å². The maximum absolute atomic E-state index is 5.70. The van der Waals surface area contributed by atoms with E-state index in [0.717, 1.165) is 71.4 Å². The van der Waals surface area contributed by atoms with Gasteiger partial charge in [-0.25, -0.2) is 0 Å². The van der Waals surface area contributed by atoms with Gasteiger partial charge in [0.2, 0.25) is 0 Å². The average molecular weight is 506 g/mol. The molecular formula is C21H39IN4O2. The predicted molar refractivity (Wildman–Crippen MR) is 124 cm³/mol. The van der Waals surface area contributed by atoms with Gasteiger partial charge in [-0.1, -0.05) is 0 Å². The lowest BCUT2D eigenvalue weighted by Gasteiger charge is -2.44. The molecule has 28 heavy (non-hydrogen) atoms. The van der Waals surface area contributed by atoms with Crippen LogP contribution < -0.4 is 5.32 Å². The van der Waals surface area contributed by atoms with E-state index in [0.29, 0.717) is 5.41 Å². The van der Waals surface area contributed by atoms with Crippen molar-refractivity contribution in [1.29, 1.82) is 0 Å². The predicted octanol–water partition coefficient (Wildman–Crippen LogP) is 2.72. The first-order valence-electron chi connectivity index (χ1n) is 11.2. The smallest absolute Gasteiger partial charge is 0.193 e. The minimum absolute atomic E-state index is 0. The zero-order valence-corrected chi connectivity index (χ0v) is 19.9. The van der Waals surface area contributed by atoms with E-state index in [9.17, 15) is 0 Å². The van der Waals surface area contributed by atoms with Crippen LogP contribution in [0.25, 0.3) is 0 Å². The summed E-state index contributed by atoms with van der Waals surface area (Å²) in [6.45, 7) is 12.4. The minimum atomic E-state index is 0. The highest BCUT2D eigenvalue weighted by molar-refractivity contribution is 14.0. The van der Waals surface area contributed by atoms with Gasteiger partial charge in [0.15, 0.2) is 5.96 Å². The van der Waals surface area contributed by atoms with Crippen LogP contribution in [0, 0.1) is 5.41 Å². The lowest BCUT2D eigenvalue weighted by Crippen LogP contribution is -2.54. The maximum Gasteiger partial charge on any atom is 0.193 e. The second kappa shape index (κ2) is 10.3. The molecule has 0 amide bonds. The number of hydrogen-bond acceptors (Lipinski definition) is 4. The number of hydrogen-bond donors (Lipinski definition) is 1. The van der Waals surface area contributed by atoms with Gasteiger partial charge >= 0.3 is 0 Å². The summed E-state index contributed by atoms with van der Waals surface area (Å²) in [5.74, 6) is 1.13. The highest BCUT2D eigenvalue weighted by atomic mass is 127. The standard InChI is InChI=1S/C21H38N4O2.HI/c1-2-22-19(24-12-5-20(18-24)6-13-26-14-7-20)23-17-21(8-15-27-16-9-21)25-10-3-4-11-25;/h2-18H2,1H3,(H,22,23);1H. The van der Waals surface area contributed by atoms with Crippen LogP contribution in [0.4, 0.5) is 0 Å². The number of halogens is 1. The van der Waals surface area contributed by atoms with Gasteiger partial charge in [-0.2, -0.15) is 0 Å². The molecule has 0 aliphatic carbocycles. The first-order chi connectivity index (χ1) is 13.3. The number of rotatable bonds is 4. The molecule has 4 fully saturated rings. The van der Waals surface area contributed by atoms with E-state index in [1.165, 1.54) is 45.2 Å². The van der Waals surface area contributed by atoms with Crippen molar-refractivity contribution in [2.75, 3.05) is 65.7 Å². The number of guanidine groups is 1. The third-order valence-corrected chi connectivity index (χ3v) is 7.35. The van der Waals surface area contributed by atoms with Gasteiger partial charge < -0.3 is 19.7 Å². The normalized spacial score (nSPS) is 27.8. The number of ether oxygens (including phenoxy) is 2. The Morgan fingerprint density at radius 1 is 0.929 bits per heavy atom. The highest BCUT2D eigenvalue weighted by Gasteiger charge is 2.42. The number of aliphatic imine (C=N–C) groups is 1. The largest absolute Gasteiger partial charge is 0.381 e. The van der Waals surface area contributed by atoms with Gasteiger partial charge in [-0.3, -0.25) is 9.89 Å². The van der Waals surface area contributed by atoms with Crippen LogP contribution in [0.3, 0.4) is 0 Å². The zero-order chi connectivity index (χ0) is 18.6. The Morgan fingerprint density at radius 3 is 2.21 bits per heavy atom. The second-order valence-corrected chi connectivity index (χ2v) is 8.98. The Bertz CT molecular complexity index is 513. The highest BCUT2D eigenvalue weighted by Crippen LogP contribution is 2.40. The fraction of sp³-hybridized carbons (Fsp3) is 0.952. The van der Waals surface area contributed by atoms with Crippen LogP contribution in [0.2, 0.25) is 0 Å². The molecule has 7 heteroatoms. The first-order valence-corrected chi connectivity index (χ1v) is 11.2. The molecule has 0 radical (unpaired) electrons. The van der Waals surface area contributed by atoms with E-state index < -0.39 is 0 Å². The third-order valence-electron chi connectivity index (χ3n) is 7.35. The fourth-order valence-corrected chi connectivity index (χ4v) is 5.49. The van der Waals surface area contributed by atoms with Crippen molar-refractivity contribution in [2.45, 2.75) is 57.4 Å². The van der Waals surface area contributed by atoms with E-state index in [1.807, 2.05) is 0 Å². The summed E-state index contributed by atoms with van der Waals surface area (Å²) >= 11 is 0. The van der Waals surface area contributed by atoms with Crippen LogP contribution in [0.1, 0.15) is 51.9 Å². The van der Waals surface area contributed by atoms with Crippen molar-refractivity contribution in [2.24, 2.45) is 10.4 Å². The molecule has 162 valence electrons. The average Bonchev–Trinajstić information content (AvgIpc) is 3.38. The Balaban J connectivity index is 0.00000225. The molecule has 0 aromatic carbocycles. The van der Waals surface area contributed by atoms with Gasteiger partial charge in [0.25, 0.3) is 0 Å². The molecule has 4 heterocycles. The van der Waals surface area contributed by atoms with Gasteiger partial charge in [0.1, 0.15) is 0 Å². The van der Waals surface area contributed by atoms with E-state index in [1.54, 1.807) is 0 Å². The van der Waals surface area contributed by atoms with E-state index >= 15 is 0 Å². The molecule has 0 atom stereocenters. The number of likely N-dealkylation sites (tertiary alicyclic amines) is 2. The Labute approximate surface area is 187 Å². The molecule has 1 N–H and O–H groups in total. The minimum Gasteiger partial charge on any atom is -0.381 e. The van der Waals surface area contributed by atoms with Gasteiger partial charge in [-0.05, 0) is 70.4 Å². The van der Waals surface area contributed by atoms with Crippen LogP contribution >= 0.6 is 24.0 Å². The molecule has 0 saturated carbocycles. The van der Waals surface area contributed by atoms with Crippen molar-refractivity contribution < 1.29 is 9.47 Å². The summed E-state index contributed by atoms with van der Waals surface area (Å²) in [5, 5.41) is 3.59. The van der Waals surface area contributed by atoms with Crippen molar-refractivity contribution in [3.63, 3.8) is 0 Å². The molecule has 0 aromatic heterocycles. The number of nitrogens with zero attached hydrogens (tertiary/aromatic N) is 3. The quantitative estimate of drug-likeness (QED) is 0.361. The summed E-state index contributed by atoms with van der Waals surface area (Å²) in [7, 11) is 0. The SMILES string of the molecule is CCNC(=NCC1(N2CCCC2)CCOCC1)N1CCC2(CCOCC2)C1.I. The molecule has 0 unspecified atom stereocenters. The molecule has 6 nitrogen and oxygen atoms in total. The lowest BCUT2D eigenvalue weighted by molar-refractivity contribution is -0.0140. The molecule has 4 saturated heterocycles. The molecule has 4 aliphatic rings. The number of nitrogens with one attached hydrogen (secondary N) is 1. The van der Waals surface area contributed by atoms with E-state index in [2.05, 4.69) is 22.0 Å². The second-order valence-electron chi connectivity index (χ2n) is 8.98. The Morgan fingerprint density at radius 2 is 1.57 bits per heavy atom. The Hall–Kier alpha value is -0.120. The summed E-state index contributed by atoms with van der Waals surface area (Å²) < 4.78 is 11.3. The van der Waals surface area contributed by atoms with Gasteiger partial charge in [-0.15, -0.1) is 24.0 Å². The molecular weight excluding hydrogens is 467 g/mol. The van der Waals surface area contributed by atoms with Crippen molar-refractivity contribution in [1.82, 2.24) is 15.1 Å². The van der Waals surface area contributed by atoms with Crippen molar-refractivity contribution >= 4 is 29.9 Å².